The second-order valence-electron chi connectivity index (χ2n) is 38.4. The molecule has 0 unspecified atom stereocenters. The summed E-state index contributed by atoms with van der Waals surface area (Å²) >= 11 is 2.88. The number of Topliss-reactive ketones (excluding diaryl/α,β-unsaturated/α-hetero) is 1. The number of carbonyl (C=O) groups excluding carboxylic acids is 8. The van der Waals surface area contributed by atoms with E-state index in [4.69, 9.17) is 38.9 Å². The van der Waals surface area contributed by atoms with E-state index in [0.29, 0.717) is 97.7 Å². The van der Waals surface area contributed by atoms with Crippen LogP contribution in [0.3, 0.4) is 0 Å². The number of likely N-dealkylation sites (tertiary alicyclic amines) is 2. The molecule has 10 N–H and O–H groups in total. The second kappa shape index (κ2) is 42.4. The number of hydrogen-bond donors (Lipinski definition) is 10. The molecule has 3 aromatic carbocycles. The molecule has 130 heavy (non-hydrogen) atoms. The monoisotopic (exact) mass is 1830 g/mol. The number of anilines is 2. The summed E-state index contributed by atoms with van der Waals surface area (Å²) in [5.41, 5.74) is 3.46. The third-order valence-corrected chi connectivity index (χ3v) is 27.3. The van der Waals surface area contributed by atoms with Crippen LogP contribution in [-0.4, -0.2) is 224 Å². The SMILES string of the molecule is COc1ccc2c(O[C@@H]3C[C@@H](C(=O)N[C@@H](CC(F)F)C(=O)O)N(C(=O)[C@@H](NC(=O)N[C@H](CN4CCc5ccccc5C4=O)C(C)(C)C)C(C)(C)C)C3)cc(-c3csc(NC(C)C)n3)nc2c1.COc1ccc2c(O[C@@H]3C[C@@H](C(=O)N[C@@H](CC4CCC4)C(=O)O)N(C(=O)[C@@H](NC(=O)N[C@H](C(=O)C4CC4)C4CCCCC4)C4CCCCC4)C3)cc(-c3csc(NC(C)C)n3)nc2c1. The number of nitrogens with one attached hydrogen (secondary N) is 8. The Morgan fingerprint density at radius 1 is 0.546 bits per heavy atom. The highest BCUT2D eigenvalue weighted by atomic mass is 32.1. The first kappa shape index (κ1) is 96.5. The van der Waals surface area contributed by atoms with Gasteiger partial charge in [0, 0.05) is 102 Å². The normalized spacial score (nSPS) is 20.0. The van der Waals surface area contributed by atoms with Crippen LogP contribution < -0.4 is 61.5 Å². The van der Waals surface area contributed by atoms with E-state index in [2.05, 4.69) is 42.5 Å². The van der Waals surface area contributed by atoms with Crippen LogP contribution in [0.5, 0.6) is 23.0 Å². The number of fused-ring (bicyclic) bond motifs is 3. The highest BCUT2D eigenvalue weighted by Crippen LogP contribution is 2.42. The lowest BCUT2D eigenvalue weighted by atomic mass is 9.81. The van der Waals surface area contributed by atoms with Crippen LogP contribution in [0.1, 0.15) is 207 Å². The number of carbonyl (C=O) groups is 10. The lowest BCUT2D eigenvalue weighted by Gasteiger charge is -2.39. The van der Waals surface area contributed by atoms with Crippen LogP contribution >= 0.6 is 22.7 Å². The number of benzene rings is 3. The van der Waals surface area contributed by atoms with Gasteiger partial charge in [-0.1, -0.05) is 118 Å². The molecule has 0 bridgehead atoms. The molecule has 7 aliphatic rings. The number of thiazole rings is 2. The minimum Gasteiger partial charge on any atom is -0.497 e. The Balaban J connectivity index is 0.000000222. The average molecular weight is 1840 g/mol. The number of methoxy groups -OCH3 is 2. The van der Waals surface area contributed by atoms with Crippen molar-refractivity contribution >= 4 is 114 Å². The van der Waals surface area contributed by atoms with E-state index in [-0.39, 0.29) is 79.9 Å². The van der Waals surface area contributed by atoms with Gasteiger partial charge in [-0.15, -0.1) is 22.7 Å². The Morgan fingerprint density at radius 3 is 1.51 bits per heavy atom. The van der Waals surface area contributed by atoms with Crippen LogP contribution in [0.2, 0.25) is 0 Å². The predicted molar refractivity (Wildman–Crippen MR) is 491 cm³/mol. The zero-order valence-electron chi connectivity index (χ0n) is 76.2. The molecule has 4 aliphatic carbocycles. The molecule has 7 heterocycles. The predicted octanol–water partition coefficient (Wildman–Crippen LogP) is 14.1. The van der Waals surface area contributed by atoms with Crippen molar-refractivity contribution in [2.24, 2.45) is 34.5 Å². The molecule has 7 aromatic rings. The van der Waals surface area contributed by atoms with E-state index in [1.807, 2.05) is 102 Å². The standard InChI is InChI=1S/C48H65N7O8S.C47H60F2N8O8S/c1-27(2)49-48-52-38(26-64-48)36-24-40(34-20-19-32(62-3)22-35(34)50-36)63-33-23-39(44(57)51-37(46(59)60)21-28-11-10-12-28)55(25-33)45(58)42(30-15-8-5-9-16-30)54-47(61)53-41(43(56)31-17-18-31)29-13-6-4-7-14-29;1-25(2)50-45-53-34(24-66-45)32-20-36(30-15-14-27(64-9)18-31(30)51-32)65-28-19-35(40(58)52-33(43(61)62)21-38(48)49)57(22-28)42(60)39(47(6,7)8)55-44(63)54-37(46(3,4)5)23-56-17-16-26-12-10-11-13-29(26)41(56)59/h19-20,22,24,26-31,33,37,39,41-42H,4-18,21,23,25H2,1-3H3,(H,49,52)(H,51,57)(H,59,60)(H2,53,54,61);10-15,18,20,24-25,28,33,35,37-39H,16-17,19,21-23H2,1-9H3,(H,50,53)(H,52,58)(H,61,62)(H2,54,55,63)/t33-,37+,39+,41+,42+;28-,33+,35+,37-,39-/m11/s1. The van der Waals surface area contributed by atoms with Crippen molar-refractivity contribution in [3.05, 3.63) is 94.7 Å². The molecule has 0 spiro atoms. The quantitative estimate of drug-likeness (QED) is 0.0179. The van der Waals surface area contributed by atoms with Crippen molar-refractivity contribution in [2.75, 3.05) is 51.0 Å². The second-order valence-corrected chi connectivity index (χ2v) is 40.1. The zero-order chi connectivity index (χ0) is 93.2. The van der Waals surface area contributed by atoms with Crippen LogP contribution in [0, 0.1) is 34.5 Å². The number of alkyl halides is 2. The molecular formula is C95H125F2N15O16S2. The number of hydrogen-bond acceptors (Lipinski definition) is 22. The first-order chi connectivity index (χ1) is 61.9. The minimum atomic E-state index is -3.04. The summed E-state index contributed by atoms with van der Waals surface area (Å²) in [5, 5.41) is 50.1. The highest BCUT2D eigenvalue weighted by molar-refractivity contribution is 7.14. The fourth-order valence-corrected chi connectivity index (χ4v) is 19.9. The summed E-state index contributed by atoms with van der Waals surface area (Å²) in [4.78, 5) is 162. The van der Waals surface area contributed by atoms with Gasteiger partial charge in [-0.3, -0.25) is 28.8 Å². The summed E-state index contributed by atoms with van der Waals surface area (Å²) in [6.07, 6.45) is 8.84. The maximum atomic E-state index is 15.2. The average Bonchev–Trinajstić information content (AvgIpc) is 1.67. The Bertz CT molecular complexity index is 5230. The fraction of sp³-hybridized carbons (Fsp3) is 0.579. The number of carboxylic acid groups (broad SMARTS) is 2. The first-order valence-electron chi connectivity index (χ1n) is 45.7. The lowest BCUT2D eigenvalue weighted by molar-refractivity contribution is -0.146. The van der Waals surface area contributed by atoms with Gasteiger partial charge in [0.1, 0.15) is 82.8 Å². The van der Waals surface area contributed by atoms with E-state index >= 15 is 4.79 Å². The number of amides is 9. The van der Waals surface area contributed by atoms with Gasteiger partial charge in [-0.2, -0.15) is 0 Å². The van der Waals surface area contributed by atoms with E-state index in [9.17, 15) is 62.1 Å². The molecule has 35 heteroatoms. The summed E-state index contributed by atoms with van der Waals surface area (Å²) < 4.78 is 51.5. The van der Waals surface area contributed by atoms with Crippen molar-refractivity contribution in [3.63, 3.8) is 0 Å². The minimum absolute atomic E-state index is 0.0170. The third kappa shape index (κ3) is 24.4. The van der Waals surface area contributed by atoms with E-state index < -0.39 is 132 Å². The van der Waals surface area contributed by atoms with Crippen LogP contribution in [-0.2, 0) is 40.0 Å². The van der Waals surface area contributed by atoms with Crippen LogP contribution in [0.15, 0.2) is 83.6 Å². The van der Waals surface area contributed by atoms with Crippen LogP contribution in [0.4, 0.5) is 28.6 Å². The number of pyridine rings is 2. The first-order valence-corrected chi connectivity index (χ1v) is 47.5. The Morgan fingerprint density at radius 2 is 1.04 bits per heavy atom. The molecule has 2 saturated heterocycles. The molecule has 10 atom stereocenters. The molecule has 6 fully saturated rings. The van der Waals surface area contributed by atoms with E-state index in [1.54, 1.807) is 63.1 Å². The van der Waals surface area contributed by atoms with Crippen molar-refractivity contribution in [3.8, 4) is 45.8 Å². The van der Waals surface area contributed by atoms with Crippen molar-refractivity contribution in [1.29, 1.82) is 0 Å². The molecule has 31 nitrogen and oxygen atoms in total. The molecule has 9 amide bonds. The van der Waals surface area contributed by atoms with Gasteiger partial charge in [0.15, 0.2) is 16.0 Å². The van der Waals surface area contributed by atoms with Crippen molar-refractivity contribution in [1.82, 2.24) is 66.5 Å². The van der Waals surface area contributed by atoms with E-state index in [0.717, 1.165) is 107 Å². The van der Waals surface area contributed by atoms with Gasteiger partial charge in [-0.25, -0.2) is 47.9 Å². The largest absolute Gasteiger partial charge is 0.497 e. The number of ether oxygens (including phenoxy) is 4. The third-order valence-electron chi connectivity index (χ3n) is 25.7. The molecule has 702 valence electrons. The van der Waals surface area contributed by atoms with Gasteiger partial charge in [0.25, 0.3) is 5.91 Å². The number of rotatable bonds is 34. The zero-order valence-corrected chi connectivity index (χ0v) is 77.8. The summed E-state index contributed by atoms with van der Waals surface area (Å²) in [7, 11) is 3.12. The van der Waals surface area contributed by atoms with Crippen molar-refractivity contribution in [2.45, 2.75) is 277 Å². The number of halogens is 2. The maximum absolute atomic E-state index is 15.2. The van der Waals surface area contributed by atoms with Crippen molar-refractivity contribution < 1.29 is 85.9 Å². The Kier molecular flexibility index (Phi) is 31.5. The molecule has 0 radical (unpaired) electrons. The molecular weight excluding hydrogens is 1710 g/mol. The number of carboxylic acids is 2. The number of aromatic nitrogens is 4. The lowest BCUT2D eigenvalue weighted by Crippen LogP contribution is -2.62. The molecule has 4 saturated carbocycles. The summed E-state index contributed by atoms with van der Waals surface area (Å²) in [6.45, 7) is 19.6. The van der Waals surface area contributed by atoms with E-state index in [1.165, 1.54) is 39.6 Å². The van der Waals surface area contributed by atoms with Crippen LogP contribution in [0.25, 0.3) is 44.6 Å². The maximum Gasteiger partial charge on any atom is 0.326 e. The molecule has 4 aromatic heterocycles. The molecule has 3 aliphatic heterocycles. The van der Waals surface area contributed by atoms with Gasteiger partial charge < -0.3 is 86.4 Å². The number of ketones is 1. The fourth-order valence-electron chi connectivity index (χ4n) is 18.2. The topological polar surface area (TPSA) is 406 Å². The molecule has 14 rings (SSSR count). The van der Waals surface area contributed by atoms with Gasteiger partial charge in [0.2, 0.25) is 30.1 Å². The number of nitrogens with zero attached hydrogens (tertiary/aromatic N) is 7. The summed E-state index contributed by atoms with van der Waals surface area (Å²) in [6, 6.07) is 11.9. The smallest absolute Gasteiger partial charge is 0.326 e. The number of urea groups is 2. The Labute approximate surface area is 765 Å². The van der Waals surface area contributed by atoms with Gasteiger partial charge in [0.05, 0.1) is 61.8 Å². The summed E-state index contributed by atoms with van der Waals surface area (Å²) in [5.74, 6) is -3.45. The van der Waals surface area contributed by atoms with Gasteiger partial charge in [-0.05, 0) is 144 Å². The Hall–Kier alpha value is -11.1. The van der Waals surface area contributed by atoms with Gasteiger partial charge >= 0.3 is 24.0 Å². The highest BCUT2D eigenvalue weighted by Gasteiger charge is 2.50. The number of aliphatic carboxylic acids is 2.